The van der Waals surface area contributed by atoms with E-state index in [1.165, 1.54) is 17.5 Å². The van der Waals surface area contributed by atoms with Crippen molar-refractivity contribution in [3.8, 4) is 0 Å². The quantitative estimate of drug-likeness (QED) is 0.600. The third-order valence-corrected chi connectivity index (χ3v) is 2.46. The van der Waals surface area contributed by atoms with E-state index in [-0.39, 0.29) is 0 Å². The van der Waals surface area contributed by atoms with Crippen LogP contribution in [0.15, 0.2) is 24.3 Å². The fraction of sp³-hybridized carbons (Fsp3) is 0.417. The van der Waals surface area contributed by atoms with E-state index in [1.54, 1.807) is 0 Å². The molecule has 0 radical (unpaired) electrons. The van der Waals surface area contributed by atoms with Gasteiger partial charge >= 0.3 is 0 Å². The zero-order valence-corrected chi connectivity index (χ0v) is 9.87. The van der Waals surface area contributed by atoms with E-state index >= 15 is 0 Å². The highest BCUT2D eigenvalue weighted by Gasteiger charge is 2.13. The maximum Gasteiger partial charge on any atom is 0.171 e. The summed E-state index contributed by atoms with van der Waals surface area (Å²) in [4.78, 5) is 0. The number of nitrogens with zero attached hydrogens (tertiary/aromatic N) is 1. The Morgan fingerprint density at radius 1 is 1.33 bits per heavy atom. The minimum absolute atomic E-state index is 0.735. The van der Waals surface area contributed by atoms with Gasteiger partial charge in [0.1, 0.15) is 6.54 Å². The minimum atomic E-state index is 0.735. The molecule has 82 valence electrons. The molecule has 0 fully saturated rings. The first-order valence-electron chi connectivity index (χ1n) is 5.15. The van der Waals surface area contributed by atoms with Crippen molar-refractivity contribution in [3.05, 3.63) is 35.4 Å². The highest BCUT2D eigenvalue weighted by molar-refractivity contribution is 6.15. The van der Waals surface area contributed by atoms with Crippen LogP contribution in [0, 0.1) is 0 Å². The molecule has 0 aliphatic carbocycles. The van der Waals surface area contributed by atoms with Gasteiger partial charge in [-0.25, -0.2) is 4.58 Å². The zero-order chi connectivity index (χ0) is 11.1. The lowest BCUT2D eigenvalue weighted by molar-refractivity contribution is -0.521. The summed E-state index contributed by atoms with van der Waals surface area (Å²) in [7, 11) is 0. The van der Waals surface area contributed by atoms with Crippen LogP contribution in [-0.4, -0.2) is 36.8 Å². The summed E-state index contributed by atoms with van der Waals surface area (Å²) in [6.07, 6.45) is 4.83. The van der Waals surface area contributed by atoms with Crippen molar-refractivity contribution in [2.75, 3.05) is 26.0 Å². The average molecular weight is 226 g/mol. The molecule has 3 heteroatoms. The van der Waals surface area contributed by atoms with Gasteiger partial charge in [-0.3, -0.25) is 0 Å². The molecule has 15 heavy (non-hydrogen) atoms. The Kier molecular flexibility index (Phi) is 5.37. The van der Waals surface area contributed by atoms with Crippen LogP contribution in [0.5, 0.6) is 0 Å². The van der Waals surface area contributed by atoms with E-state index in [2.05, 4.69) is 46.7 Å². The van der Waals surface area contributed by atoms with Crippen LogP contribution in [-0.2, 0) is 6.42 Å². The minimum Gasteiger partial charge on any atom is -0.325 e. The maximum atomic E-state index is 5.52. The second-order valence-corrected chi connectivity index (χ2v) is 3.40. The van der Waals surface area contributed by atoms with Crippen LogP contribution < -0.4 is 5.73 Å². The SMILES string of the molecule is CCl.NCC[N+]1=Cc2ccccc2CC1. The highest BCUT2D eigenvalue weighted by Crippen LogP contribution is 2.10. The van der Waals surface area contributed by atoms with Gasteiger partial charge in [-0.15, -0.1) is 11.6 Å². The topological polar surface area (TPSA) is 29.0 Å². The smallest absolute Gasteiger partial charge is 0.171 e. The highest BCUT2D eigenvalue weighted by atomic mass is 35.5. The van der Waals surface area contributed by atoms with Crippen molar-refractivity contribution < 1.29 is 4.58 Å². The first-order valence-corrected chi connectivity index (χ1v) is 5.90. The normalized spacial score (nSPS) is 13.4. The fourth-order valence-corrected chi connectivity index (χ4v) is 1.76. The molecule has 2 N–H and O–H groups in total. The molecule has 1 aliphatic rings. The van der Waals surface area contributed by atoms with Gasteiger partial charge < -0.3 is 5.73 Å². The van der Waals surface area contributed by atoms with E-state index in [4.69, 9.17) is 5.73 Å². The van der Waals surface area contributed by atoms with Crippen molar-refractivity contribution in [2.45, 2.75) is 6.42 Å². The molecule has 2 rings (SSSR count). The van der Waals surface area contributed by atoms with Gasteiger partial charge in [-0.2, -0.15) is 0 Å². The third-order valence-electron chi connectivity index (χ3n) is 2.46. The molecule has 0 amide bonds. The number of alkyl halides is 1. The Morgan fingerprint density at radius 3 is 2.80 bits per heavy atom. The summed E-state index contributed by atoms with van der Waals surface area (Å²) < 4.78 is 2.29. The fourth-order valence-electron chi connectivity index (χ4n) is 1.76. The average Bonchev–Trinajstić information content (AvgIpc) is 2.32. The van der Waals surface area contributed by atoms with Crippen LogP contribution in [0.25, 0.3) is 0 Å². The lowest BCUT2D eigenvalue weighted by Crippen LogP contribution is -2.27. The van der Waals surface area contributed by atoms with Crippen molar-refractivity contribution in [3.63, 3.8) is 0 Å². The Hall–Kier alpha value is -0.860. The van der Waals surface area contributed by atoms with E-state index in [9.17, 15) is 0 Å². The summed E-state index contributed by atoms with van der Waals surface area (Å²) >= 11 is 4.64. The van der Waals surface area contributed by atoms with Gasteiger partial charge in [-0.05, 0) is 11.6 Å². The summed E-state index contributed by atoms with van der Waals surface area (Å²) in [5.41, 5.74) is 8.32. The molecule has 0 atom stereocenters. The molecule has 1 aliphatic heterocycles. The van der Waals surface area contributed by atoms with Crippen molar-refractivity contribution in [1.82, 2.24) is 0 Å². The molecular weight excluding hydrogens is 208 g/mol. The van der Waals surface area contributed by atoms with Gasteiger partial charge in [0.15, 0.2) is 12.8 Å². The van der Waals surface area contributed by atoms with Gasteiger partial charge in [0, 0.05) is 18.4 Å². The van der Waals surface area contributed by atoms with Crippen molar-refractivity contribution >= 4 is 17.8 Å². The predicted octanol–water partition coefficient (Wildman–Crippen LogP) is 1.49. The molecule has 1 heterocycles. The standard InChI is InChI=1S/C11H15N2.CH3Cl/c12-6-8-13-7-5-10-3-1-2-4-11(10)9-13;1-2/h1-4,9H,5-8,12H2;1H3/q+1;. The second kappa shape index (κ2) is 6.59. The first-order chi connectivity index (χ1) is 7.40. The monoisotopic (exact) mass is 225 g/mol. The Balaban J connectivity index is 0.000000531. The van der Waals surface area contributed by atoms with Crippen LogP contribution in [0.2, 0.25) is 0 Å². The number of rotatable bonds is 2. The summed E-state index contributed by atoms with van der Waals surface area (Å²) in [6.45, 7) is 2.81. The number of nitrogens with two attached hydrogens (primary N) is 1. The number of hydrogen-bond donors (Lipinski definition) is 1. The van der Waals surface area contributed by atoms with Gasteiger partial charge in [0.25, 0.3) is 0 Å². The molecule has 2 nitrogen and oxygen atoms in total. The molecule has 1 aromatic carbocycles. The van der Waals surface area contributed by atoms with Crippen LogP contribution in [0.1, 0.15) is 11.1 Å². The summed E-state index contributed by atoms with van der Waals surface area (Å²) in [5, 5.41) is 0. The lowest BCUT2D eigenvalue weighted by atomic mass is 10.0. The van der Waals surface area contributed by atoms with Crippen LogP contribution in [0.3, 0.4) is 0 Å². The van der Waals surface area contributed by atoms with Gasteiger partial charge in [-0.1, -0.05) is 18.2 Å². The maximum absolute atomic E-state index is 5.52. The number of fused-ring (bicyclic) bond motifs is 1. The molecule has 0 unspecified atom stereocenters. The Morgan fingerprint density at radius 2 is 2.07 bits per heavy atom. The summed E-state index contributed by atoms with van der Waals surface area (Å²) in [6, 6.07) is 8.55. The predicted molar refractivity (Wildman–Crippen MR) is 66.1 cm³/mol. The second-order valence-electron chi connectivity index (χ2n) is 3.40. The Labute approximate surface area is 96.4 Å². The van der Waals surface area contributed by atoms with Crippen LogP contribution in [0.4, 0.5) is 0 Å². The van der Waals surface area contributed by atoms with Crippen molar-refractivity contribution in [1.29, 1.82) is 0 Å². The van der Waals surface area contributed by atoms with Gasteiger partial charge in [0.05, 0.1) is 6.54 Å². The number of hydrogen-bond acceptors (Lipinski definition) is 1. The van der Waals surface area contributed by atoms with E-state index < -0.39 is 0 Å². The van der Waals surface area contributed by atoms with E-state index in [0.29, 0.717) is 0 Å². The number of halogens is 1. The van der Waals surface area contributed by atoms with Crippen molar-refractivity contribution in [2.24, 2.45) is 5.73 Å². The number of benzene rings is 1. The molecule has 0 aromatic heterocycles. The van der Waals surface area contributed by atoms with Gasteiger partial charge in [0.2, 0.25) is 0 Å². The molecule has 0 saturated carbocycles. The molecule has 0 bridgehead atoms. The van der Waals surface area contributed by atoms with E-state index in [0.717, 1.165) is 26.1 Å². The lowest BCUT2D eigenvalue weighted by Gasteiger charge is -2.11. The van der Waals surface area contributed by atoms with E-state index in [1.807, 2.05) is 0 Å². The largest absolute Gasteiger partial charge is 0.325 e. The molecular formula is C12H18ClN2+. The third kappa shape index (κ3) is 3.33. The van der Waals surface area contributed by atoms with Crippen LogP contribution >= 0.6 is 11.6 Å². The molecule has 1 aromatic rings. The zero-order valence-electron chi connectivity index (χ0n) is 9.12. The molecule has 0 spiro atoms. The molecule has 0 saturated heterocycles. The Bertz CT molecular complexity index is 334. The first kappa shape index (κ1) is 12.2. The summed E-state index contributed by atoms with van der Waals surface area (Å²) in [5.74, 6) is 0.